The van der Waals surface area contributed by atoms with Crippen LogP contribution in [0.15, 0.2) is 23.1 Å². The standard InChI is InChI=1S/C15H21N5O/c1-15(2,3)20-12-11(9-16-20)13(21)19-14(18-12)17-10-7-5-4-6-8-10/h5,7,9-10H,4,6,8H2,1-3H3,(H2,17,18,19,21). The number of fused-ring (bicyclic) bond motifs is 1. The van der Waals surface area contributed by atoms with E-state index in [4.69, 9.17) is 0 Å². The molecule has 1 atom stereocenters. The van der Waals surface area contributed by atoms with Crippen molar-refractivity contribution in [2.75, 3.05) is 5.32 Å². The van der Waals surface area contributed by atoms with E-state index in [0.717, 1.165) is 19.3 Å². The Morgan fingerprint density at radius 3 is 2.90 bits per heavy atom. The smallest absolute Gasteiger partial charge is 0.263 e. The molecule has 112 valence electrons. The Hall–Kier alpha value is -2.11. The van der Waals surface area contributed by atoms with Gasteiger partial charge in [0.1, 0.15) is 5.39 Å². The predicted molar refractivity (Wildman–Crippen MR) is 83.5 cm³/mol. The van der Waals surface area contributed by atoms with Crippen LogP contribution in [-0.4, -0.2) is 25.8 Å². The molecular formula is C15H21N5O. The fraction of sp³-hybridized carbons (Fsp3) is 0.533. The molecule has 2 N–H and O–H groups in total. The number of hydrogen-bond donors (Lipinski definition) is 2. The van der Waals surface area contributed by atoms with Gasteiger partial charge in [-0.25, -0.2) is 4.68 Å². The maximum Gasteiger partial charge on any atom is 0.263 e. The third-order valence-corrected chi connectivity index (χ3v) is 3.65. The first-order valence-corrected chi connectivity index (χ1v) is 7.37. The number of H-pyrrole nitrogens is 1. The minimum Gasteiger partial charge on any atom is -0.349 e. The van der Waals surface area contributed by atoms with Crippen molar-refractivity contribution in [3.8, 4) is 0 Å². The Labute approximate surface area is 123 Å². The van der Waals surface area contributed by atoms with E-state index in [1.165, 1.54) is 0 Å². The van der Waals surface area contributed by atoms with Crippen molar-refractivity contribution in [1.29, 1.82) is 0 Å². The highest BCUT2D eigenvalue weighted by Crippen LogP contribution is 2.19. The van der Waals surface area contributed by atoms with Gasteiger partial charge in [-0.1, -0.05) is 12.2 Å². The normalized spacial score (nSPS) is 19.1. The third kappa shape index (κ3) is 2.70. The first-order valence-electron chi connectivity index (χ1n) is 7.37. The van der Waals surface area contributed by atoms with Crippen LogP contribution >= 0.6 is 0 Å². The highest BCUT2D eigenvalue weighted by atomic mass is 16.1. The van der Waals surface area contributed by atoms with Crippen LogP contribution < -0.4 is 10.9 Å². The molecule has 0 amide bonds. The second-order valence-corrected chi connectivity index (χ2v) is 6.49. The van der Waals surface area contributed by atoms with E-state index in [1.54, 1.807) is 10.9 Å². The van der Waals surface area contributed by atoms with Crippen LogP contribution in [0.2, 0.25) is 0 Å². The molecule has 6 nitrogen and oxygen atoms in total. The number of aromatic amines is 1. The summed E-state index contributed by atoms with van der Waals surface area (Å²) in [5.74, 6) is 0.509. The molecule has 0 saturated carbocycles. The van der Waals surface area contributed by atoms with Crippen LogP contribution in [0, 0.1) is 0 Å². The number of aromatic nitrogens is 4. The third-order valence-electron chi connectivity index (χ3n) is 3.65. The zero-order valence-corrected chi connectivity index (χ0v) is 12.7. The summed E-state index contributed by atoms with van der Waals surface area (Å²) in [5, 5.41) is 8.12. The summed E-state index contributed by atoms with van der Waals surface area (Å²) in [4.78, 5) is 19.5. The lowest BCUT2D eigenvalue weighted by atomic mass is 10.0. The van der Waals surface area contributed by atoms with Gasteiger partial charge in [0, 0.05) is 6.04 Å². The van der Waals surface area contributed by atoms with Gasteiger partial charge >= 0.3 is 0 Å². The molecule has 0 aliphatic heterocycles. The number of nitrogens with one attached hydrogen (secondary N) is 2. The molecule has 2 aromatic rings. The Bertz CT molecular complexity index is 735. The monoisotopic (exact) mass is 287 g/mol. The van der Waals surface area contributed by atoms with E-state index in [2.05, 4.69) is 32.5 Å². The first kappa shape index (κ1) is 13.9. The minimum atomic E-state index is -0.218. The fourth-order valence-corrected chi connectivity index (χ4v) is 2.59. The Morgan fingerprint density at radius 2 is 2.24 bits per heavy atom. The van der Waals surface area contributed by atoms with Gasteiger partial charge in [-0.3, -0.25) is 9.78 Å². The summed E-state index contributed by atoms with van der Waals surface area (Å²) in [5.41, 5.74) is 0.246. The molecule has 0 aromatic carbocycles. The number of rotatable bonds is 2. The summed E-state index contributed by atoms with van der Waals surface area (Å²) in [6, 6.07) is 0.227. The van der Waals surface area contributed by atoms with Gasteiger partial charge in [-0.15, -0.1) is 0 Å². The molecule has 2 aromatic heterocycles. The molecule has 0 fully saturated rings. The summed E-state index contributed by atoms with van der Waals surface area (Å²) in [6.07, 6.45) is 9.21. The second kappa shape index (κ2) is 5.02. The van der Waals surface area contributed by atoms with E-state index in [0.29, 0.717) is 17.0 Å². The topological polar surface area (TPSA) is 75.6 Å². The van der Waals surface area contributed by atoms with E-state index >= 15 is 0 Å². The van der Waals surface area contributed by atoms with Gasteiger partial charge in [0.05, 0.1) is 11.7 Å². The van der Waals surface area contributed by atoms with Crippen molar-refractivity contribution >= 4 is 17.0 Å². The Morgan fingerprint density at radius 1 is 1.43 bits per heavy atom. The van der Waals surface area contributed by atoms with Crippen molar-refractivity contribution in [2.45, 2.75) is 51.6 Å². The summed E-state index contributed by atoms with van der Waals surface area (Å²) in [6.45, 7) is 6.12. The molecule has 6 heteroatoms. The van der Waals surface area contributed by atoms with Crippen LogP contribution in [0.25, 0.3) is 11.0 Å². The molecule has 1 aliphatic rings. The average molecular weight is 287 g/mol. The zero-order valence-electron chi connectivity index (χ0n) is 12.7. The van der Waals surface area contributed by atoms with Crippen molar-refractivity contribution in [1.82, 2.24) is 19.7 Å². The second-order valence-electron chi connectivity index (χ2n) is 6.49. The zero-order chi connectivity index (χ0) is 15.0. The fourth-order valence-electron chi connectivity index (χ4n) is 2.59. The van der Waals surface area contributed by atoms with Crippen molar-refractivity contribution < 1.29 is 0 Å². The molecule has 0 bridgehead atoms. The van der Waals surface area contributed by atoms with Gasteiger partial charge in [0.2, 0.25) is 5.95 Å². The van der Waals surface area contributed by atoms with Crippen molar-refractivity contribution in [3.63, 3.8) is 0 Å². The van der Waals surface area contributed by atoms with Gasteiger partial charge in [-0.05, 0) is 40.0 Å². The van der Waals surface area contributed by atoms with Crippen LogP contribution in [0.5, 0.6) is 0 Å². The minimum absolute atomic E-state index is 0.155. The number of nitrogens with zero attached hydrogens (tertiary/aromatic N) is 3. The van der Waals surface area contributed by atoms with Crippen molar-refractivity contribution in [3.05, 3.63) is 28.7 Å². The summed E-state index contributed by atoms with van der Waals surface area (Å²) in [7, 11) is 0. The van der Waals surface area contributed by atoms with Crippen LogP contribution in [0.4, 0.5) is 5.95 Å². The highest BCUT2D eigenvalue weighted by molar-refractivity contribution is 5.74. The average Bonchev–Trinajstić information content (AvgIpc) is 2.84. The quantitative estimate of drug-likeness (QED) is 0.832. The van der Waals surface area contributed by atoms with Crippen LogP contribution in [-0.2, 0) is 5.54 Å². The van der Waals surface area contributed by atoms with Gasteiger partial charge in [0.15, 0.2) is 5.65 Å². The lowest BCUT2D eigenvalue weighted by Gasteiger charge is -2.21. The predicted octanol–water partition coefficient (Wildman–Crippen LogP) is 2.40. The molecular weight excluding hydrogens is 266 g/mol. The van der Waals surface area contributed by atoms with E-state index in [-0.39, 0.29) is 17.1 Å². The lowest BCUT2D eigenvalue weighted by molar-refractivity contribution is 0.366. The molecule has 0 radical (unpaired) electrons. The van der Waals surface area contributed by atoms with Gasteiger partial charge in [0.25, 0.3) is 5.56 Å². The summed E-state index contributed by atoms with van der Waals surface area (Å²) >= 11 is 0. The Kier molecular flexibility index (Phi) is 3.31. The Balaban J connectivity index is 2.02. The molecule has 2 heterocycles. The van der Waals surface area contributed by atoms with Gasteiger partial charge in [-0.2, -0.15) is 10.1 Å². The van der Waals surface area contributed by atoms with E-state index in [1.807, 2.05) is 20.8 Å². The highest BCUT2D eigenvalue weighted by Gasteiger charge is 2.20. The number of allylic oxidation sites excluding steroid dienone is 1. The molecule has 0 spiro atoms. The maximum atomic E-state index is 12.2. The number of hydrogen-bond acceptors (Lipinski definition) is 4. The summed E-state index contributed by atoms with van der Waals surface area (Å²) < 4.78 is 1.79. The molecule has 1 aliphatic carbocycles. The van der Waals surface area contributed by atoms with E-state index in [9.17, 15) is 4.79 Å². The maximum absolute atomic E-state index is 12.2. The lowest BCUT2D eigenvalue weighted by Crippen LogP contribution is -2.26. The SMILES string of the molecule is CC(C)(C)n1ncc2c(=O)[nH]c(NC3C=CCCC3)nc21. The number of anilines is 1. The molecule has 1 unspecified atom stereocenters. The molecule has 3 rings (SSSR count). The van der Waals surface area contributed by atoms with Gasteiger partial charge < -0.3 is 5.32 Å². The molecule has 21 heavy (non-hydrogen) atoms. The largest absolute Gasteiger partial charge is 0.349 e. The molecule has 0 saturated heterocycles. The van der Waals surface area contributed by atoms with Crippen LogP contribution in [0.1, 0.15) is 40.0 Å². The van der Waals surface area contributed by atoms with Crippen molar-refractivity contribution in [2.24, 2.45) is 0 Å². The first-order chi connectivity index (χ1) is 9.95. The van der Waals surface area contributed by atoms with E-state index < -0.39 is 0 Å². The van der Waals surface area contributed by atoms with Crippen LogP contribution in [0.3, 0.4) is 0 Å².